The minimum absolute atomic E-state index is 0.0848. The average molecular weight is 211 g/mol. The Kier molecular flexibility index (Phi) is 6.16. The fourth-order valence-corrected chi connectivity index (χ4v) is 1.64. The third-order valence-electron chi connectivity index (χ3n) is 2.35. The highest BCUT2D eigenvalue weighted by Gasteiger charge is 2.33. The molecule has 0 radical (unpaired) electrons. The van der Waals surface area contributed by atoms with Gasteiger partial charge in [-0.2, -0.15) is 13.2 Å². The van der Waals surface area contributed by atoms with Crippen LogP contribution in [0.1, 0.15) is 40.0 Å². The molecule has 0 saturated carbocycles. The van der Waals surface area contributed by atoms with Gasteiger partial charge in [0.05, 0.1) is 6.42 Å². The maximum absolute atomic E-state index is 12.2. The van der Waals surface area contributed by atoms with Crippen LogP contribution < -0.4 is 5.32 Å². The molecule has 0 aliphatic heterocycles. The second-order valence-corrected chi connectivity index (χ2v) is 3.75. The molecule has 1 N–H and O–H groups in total. The van der Waals surface area contributed by atoms with Crippen molar-refractivity contribution in [2.24, 2.45) is 5.92 Å². The lowest BCUT2D eigenvalue weighted by Gasteiger charge is -2.25. The van der Waals surface area contributed by atoms with E-state index in [0.29, 0.717) is 6.54 Å². The molecule has 1 nitrogen and oxygen atoms in total. The molecule has 86 valence electrons. The van der Waals surface area contributed by atoms with Crippen molar-refractivity contribution < 1.29 is 13.2 Å². The van der Waals surface area contributed by atoms with Crippen LogP contribution in [0.5, 0.6) is 0 Å². The van der Waals surface area contributed by atoms with Gasteiger partial charge in [0, 0.05) is 6.04 Å². The van der Waals surface area contributed by atoms with Crippen LogP contribution in [-0.2, 0) is 0 Å². The molecule has 0 aliphatic carbocycles. The molecule has 0 aliphatic rings. The molecule has 14 heavy (non-hydrogen) atoms. The summed E-state index contributed by atoms with van der Waals surface area (Å²) >= 11 is 0. The van der Waals surface area contributed by atoms with Gasteiger partial charge in [0.2, 0.25) is 0 Å². The fourth-order valence-electron chi connectivity index (χ4n) is 1.64. The molecule has 0 bridgehead atoms. The van der Waals surface area contributed by atoms with E-state index in [9.17, 15) is 13.2 Å². The van der Waals surface area contributed by atoms with Gasteiger partial charge in [-0.1, -0.05) is 27.2 Å². The minimum Gasteiger partial charge on any atom is -0.314 e. The molecule has 0 rings (SSSR count). The van der Waals surface area contributed by atoms with E-state index in [4.69, 9.17) is 0 Å². The minimum atomic E-state index is -4.06. The van der Waals surface area contributed by atoms with Crippen LogP contribution in [0, 0.1) is 5.92 Å². The molecule has 0 fully saturated rings. The van der Waals surface area contributed by atoms with Crippen LogP contribution in [0.3, 0.4) is 0 Å². The van der Waals surface area contributed by atoms with Gasteiger partial charge < -0.3 is 5.32 Å². The van der Waals surface area contributed by atoms with Crippen LogP contribution in [0.4, 0.5) is 13.2 Å². The topological polar surface area (TPSA) is 12.0 Å². The Balaban J connectivity index is 4.13. The Hall–Kier alpha value is -0.250. The third kappa shape index (κ3) is 6.24. The van der Waals surface area contributed by atoms with E-state index in [-0.39, 0.29) is 5.92 Å². The first-order valence-corrected chi connectivity index (χ1v) is 5.20. The molecular weight excluding hydrogens is 191 g/mol. The second kappa shape index (κ2) is 6.27. The van der Waals surface area contributed by atoms with Gasteiger partial charge in [0.15, 0.2) is 0 Å². The summed E-state index contributed by atoms with van der Waals surface area (Å²) in [5, 5.41) is 2.90. The van der Waals surface area contributed by atoms with Crippen molar-refractivity contribution >= 4 is 0 Å². The Morgan fingerprint density at radius 3 is 2.14 bits per heavy atom. The van der Waals surface area contributed by atoms with Crippen molar-refractivity contribution in [2.75, 3.05) is 6.54 Å². The SMILES string of the molecule is CCCC(C)C(CC(F)(F)F)NCC. The smallest absolute Gasteiger partial charge is 0.314 e. The average Bonchev–Trinajstić information content (AvgIpc) is 2.01. The summed E-state index contributed by atoms with van der Waals surface area (Å²) in [7, 11) is 0. The molecular formula is C10H20F3N. The Labute approximate surface area is 84.1 Å². The van der Waals surface area contributed by atoms with Gasteiger partial charge in [-0.3, -0.25) is 0 Å². The lowest BCUT2D eigenvalue weighted by Crippen LogP contribution is -2.38. The number of nitrogens with one attached hydrogen (secondary N) is 1. The van der Waals surface area contributed by atoms with E-state index in [2.05, 4.69) is 5.32 Å². The van der Waals surface area contributed by atoms with Gasteiger partial charge in [-0.15, -0.1) is 0 Å². The lowest BCUT2D eigenvalue weighted by atomic mass is 9.94. The van der Waals surface area contributed by atoms with Crippen LogP contribution in [-0.4, -0.2) is 18.8 Å². The van der Waals surface area contributed by atoms with Gasteiger partial charge in [0.1, 0.15) is 0 Å². The zero-order valence-electron chi connectivity index (χ0n) is 9.12. The van der Waals surface area contributed by atoms with Gasteiger partial charge in [-0.25, -0.2) is 0 Å². The van der Waals surface area contributed by atoms with Crippen molar-refractivity contribution in [3.05, 3.63) is 0 Å². The summed E-state index contributed by atoms with van der Waals surface area (Å²) in [5.74, 6) is 0.0848. The highest BCUT2D eigenvalue weighted by atomic mass is 19.4. The Morgan fingerprint density at radius 1 is 1.21 bits per heavy atom. The zero-order chi connectivity index (χ0) is 11.2. The van der Waals surface area contributed by atoms with Gasteiger partial charge in [0.25, 0.3) is 0 Å². The molecule has 0 saturated heterocycles. The van der Waals surface area contributed by atoms with E-state index in [1.807, 2.05) is 20.8 Å². The molecule has 2 unspecified atom stereocenters. The van der Waals surface area contributed by atoms with E-state index in [0.717, 1.165) is 12.8 Å². The van der Waals surface area contributed by atoms with Crippen molar-refractivity contribution in [1.82, 2.24) is 5.32 Å². The molecule has 4 heteroatoms. The quantitative estimate of drug-likeness (QED) is 0.710. The number of alkyl halides is 3. The Morgan fingerprint density at radius 2 is 1.79 bits per heavy atom. The molecule has 0 aromatic rings. The fraction of sp³-hybridized carbons (Fsp3) is 1.00. The van der Waals surface area contributed by atoms with E-state index in [1.165, 1.54) is 0 Å². The molecule has 0 aromatic carbocycles. The second-order valence-electron chi connectivity index (χ2n) is 3.75. The van der Waals surface area contributed by atoms with Crippen LogP contribution in [0.25, 0.3) is 0 Å². The standard InChI is InChI=1S/C10H20F3N/c1-4-6-8(3)9(14-5-2)7-10(11,12)13/h8-9,14H,4-7H2,1-3H3. The van der Waals surface area contributed by atoms with Crippen molar-refractivity contribution in [2.45, 2.75) is 52.3 Å². The van der Waals surface area contributed by atoms with Crippen LogP contribution in [0.2, 0.25) is 0 Å². The number of hydrogen-bond donors (Lipinski definition) is 1. The summed E-state index contributed by atoms with van der Waals surface area (Å²) < 4.78 is 36.6. The molecule has 0 amide bonds. The number of hydrogen-bond acceptors (Lipinski definition) is 1. The molecule has 2 atom stereocenters. The van der Waals surface area contributed by atoms with Crippen LogP contribution >= 0.6 is 0 Å². The maximum Gasteiger partial charge on any atom is 0.390 e. The molecule has 0 heterocycles. The van der Waals surface area contributed by atoms with Crippen molar-refractivity contribution in [3.8, 4) is 0 Å². The maximum atomic E-state index is 12.2. The van der Waals surface area contributed by atoms with E-state index >= 15 is 0 Å². The monoisotopic (exact) mass is 211 g/mol. The highest BCUT2D eigenvalue weighted by Crippen LogP contribution is 2.26. The number of halogens is 3. The predicted octanol–water partition coefficient (Wildman–Crippen LogP) is 3.35. The predicted molar refractivity (Wildman–Crippen MR) is 52.2 cm³/mol. The lowest BCUT2D eigenvalue weighted by molar-refractivity contribution is -0.142. The normalized spacial score (nSPS) is 16.7. The summed E-state index contributed by atoms with van der Waals surface area (Å²) in [5.41, 5.74) is 0. The van der Waals surface area contributed by atoms with Gasteiger partial charge >= 0.3 is 6.18 Å². The highest BCUT2D eigenvalue weighted by molar-refractivity contribution is 4.75. The van der Waals surface area contributed by atoms with Crippen molar-refractivity contribution in [1.29, 1.82) is 0 Å². The first-order valence-electron chi connectivity index (χ1n) is 5.20. The summed E-state index contributed by atoms with van der Waals surface area (Å²) in [6, 6.07) is -0.431. The van der Waals surface area contributed by atoms with Crippen LogP contribution in [0.15, 0.2) is 0 Å². The van der Waals surface area contributed by atoms with Gasteiger partial charge in [-0.05, 0) is 18.9 Å². The number of rotatable bonds is 6. The molecule has 0 aromatic heterocycles. The first-order chi connectivity index (χ1) is 6.40. The zero-order valence-corrected chi connectivity index (χ0v) is 9.12. The van der Waals surface area contributed by atoms with E-state index in [1.54, 1.807) is 0 Å². The first kappa shape index (κ1) is 13.8. The largest absolute Gasteiger partial charge is 0.390 e. The van der Waals surface area contributed by atoms with Crippen molar-refractivity contribution in [3.63, 3.8) is 0 Å². The van der Waals surface area contributed by atoms with E-state index < -0.39 is 18.6 Å². The Bertz CT molecular complexity index is 145. The summed E-state index contributed by atoms with van der Waals surface area (Å²) in [4.78, 5) is 0. The third-order valence-corrected chi connectivity index (χ3v) is 2.35. The summed E-state index contributed by atoms with van der Waals surface area (Å²) in [6.07, 6.45) is -3.01. The summed E-state index contributed by atoms with van der Waals surface area (Å²) in [6.45, 7) is 6.30. The molecule has 0 spiro atoms.